The predicted octanol–water partition coefficient (Wildman–Crippen LogP) is 1.31. The van der Waals surface area contributed by atoms with Gasteiger partial charge in [-0.2, -0.15) is 0 Å². The van der Waals surface area contributed by atoms with Gasteiger partial charge in [0.15, 0.2) is 0 Å². The van der Waals surface area contributed by atoms with Gasteiger partial charge in [0.1, 0.15) is 17.8 Å². The van der Waals surface area contributed by atoms with E-state index in [0.29, 0.717) is 17.6 Å². The summed E-state index contributed by atoms with van der Waals surface area (Å²) in [5, 5.41) is 0. The highest BCUT2D eigenvalue weighted by atomic mass is 16.5. The molecule has 7 nitrogen and oxygen atoms in total. The highest BCUT2D eigenvalue weighted by Crippen LogP contribution is 2.35. The van der Waals surface area contributed by atoms with E-state index in [1.165, 1.54) is 6.33 Å². The van der Waals surface area contributed by atoms with Crippen molar-refractivity contribution < 1.29 is 9.53 Å². The van der Waals surface area contributed by atoms with Crippen LogP contribution >= 0.6 is 0 Å². The number of methoxy groups -OCH3 is 1. The molecule has 0 radical (unpaired) electrons. The third-order valence-corrected chi connectivity index (χ3v) is 4.80. The van der Waals surface area contributed by atoms with Gasteiger partial charge in [0.25, 0.3) is 5.91 Å². The molecular formula is C16H19N5O2. The maximum Gasteiger partial charge on any atom is 0.270 e. The van der Waals surface area contributed by atoms with E-state index in [9.17, 15) is 4.79 Å². The van der Waals surface area contributed by atoms with Crippen LogP contribution in [-0.4, -0.2) is 58.0 Å². The number of rotatable bonds is 3. The summed E-state index contributed by atoms with van der Waals surface area (Å²) in [5.41, 5.74) is 0.660. The van der Waals surface area contributed by atoms with E-state index in [2.05, 4.69) is 19.9 Å². The van der Waals surface area contributed by atoms with Crippen LogP contribution in [0, 0.1) is 0 Å². The highest BCUT2D eigenvalue weighted by molar-refractivity contribution is 5.93. The first kappa shape index (κ1) is 14.0. The molecule has 23 heavy (non-hydrogen) atoms. The van der Waals surface area contributed by atoms with Crippen molar-refractivity contribution in [3.05, 3.63) is 36.4 Å². The molecular weight excluding hydrogens is 294 g/mol. The van der Waals surface area contributed by atoms with E-state index >= 15 is 0 Å². The van der Waals surface area contributed by atoms with Gasteiger partial charge in [-0.15, -0.1) is 0 Å². The van der Waals surface area contributed by atoms with Crippen LogP contribution in [0.5, 0.6) is 5.88 Å². The van der Waals surface area contributed by atoms with Gasteiger partial charge in [-0.1, -0.05) is 0 Å². The molecule has 2 atom stereocenters. The Balaban J connectivity index is 1.54. The van der Waals surface area contributed by atoms with Gasteiger partial charge in [-0.05, 0) is 25.0 Å². The molecule has 0 unspecified atom stereocenters. The molecule has 120 valence electrons. The number of aromatic amines is 1. The van der Waals surface area contributed by atoms with Crippen molar-refractivity contribution in [2.24, 2.45) is 0 Å². The molecule has 2 aliphatic heterocycles. The van der Waals surface area contributed by atoms with Crippen molar-refractivity contribution >= 4 is 11.7 Å². The first-order chi connectivity index (χ1) is 11.3. The summed E-state index contributed by atoms with van der Waals surface area (Å²) in [6.45, 7) is 1.68. The lowest BCUT2D eigenvalue weighted by Crippen LogP contribution is -2.40. The second-order valence-corrected chi connectivity index (χ2v) is 5.91. The minimum atomic E-state index is 0.0876. The fourth-order valence-corrected chi connectivity index (χ4v) is 3.74. The Morgan fingerprint density at radius 2 is 2.17 bits per heavy atom. The average molecular weight is 313 g/mol. The normalized spacial score (nSPS) is 23.2. The van der Waals surface area contributed by atoms with Crippen LogP contribution in [0.25, 0.3) is 0 Å². The number of ether oxygens (including phenoxy) is 1. The quantitative estimate of drug-likeness (QED) is 0.925. The van der Waals surface area contributed by atoms with E-state index in [0.717, 1.165) is 31.7 Å². The number of anilines is 1. The molecule has 4 rings (SSSR count). The van der Waals surface area contributed by atoms with E-state index in [4.69, 9.17) is 4.74 Å². The Kier molecular flexibility index (Phi) is 3.40. The summed E-state index contributed by atoms with van der Waals surface area (Å²) >= 11 is 0. The van der Waals surface area contributed by atoms with E-state index in [1.807, 2.05) is 23.1 Å². The molecule has 1 amide bonds. The van der Waals surface area contributed by atoms with Crippen molar-refractivity contribution in [2.75, 3.05) is 25.1 Å². The number of nitrogens with one attached hydrogen (secondary N) is 1. The standard InChI is InChI=1S/C16H19N5O2/c1-23-15-9-14(18-10-19-15)20-7-4-13-12(20)5-8-21(13)16(22)11-3-2-6-17-11/h2-3,6,9-10,12-13,17H,4-5,7-8H2,1H3/t12-,13+/m0/s1. The molecule has 4 heterocycles. The van der Waals surface area contributed by atoms with E-state index in [-0.39, 0.29) is 11.9 Å². The Labute approximate surface area is 134 Å². The fraction of sp³-hybridized carbons (Fsp3) is 0.438. The highest BCUT2D eigenvalue weighted by Gasteiger charge is 2.45. The maximum absolute atomic E-state index is 12.6. The number of carbonyl (C=O) groups excluding carboxylic acids is 1. The van der Waals surface area contributed by atoms with Crippen LogP contribution in [0.2, 0.25) is 0 Å². The fourth-order valence-electron chi connectivity index (χ4n) is 3.74. The number of nitrogens with zero attached hydrogens (tertiary/aromatic N) is 4. The molecule has 2 aliphatic rings. The predicted molar refractivity (Wildman–Crippen MR) is 84.6 cm³/mol. The molecule has 2 fully saturated rings. The van der Waals surface area contributed by atoms with Gasteiger partial charge in [-0.3, -0.25) is 4.79 Å². The smallest absolute Gasteiger partial charge is 0.270 e. The van der Waals surface area contributed by atoms with Crippen LogP contribution in [0.3, 0.4) is 0 Å². The minimum Gasteiger partial charge on any atom is -0.481 e. The zero-order valence-corrected chi connectivity index (χ0v) is 13.0. The number of aromatic nitrogens is 3. The average Bonchev–Trinajstić information content (AvgIpc) is 3.31. The van der Waals surface area contributed by atoms with Gasteiger partial charge < -0.3 is 19.5 Å². The Hall–Kier alpha value is -2.57. The topological polar surface area (TPSA) is 74.3 Å². The lowest BCUT2D eigenvalue weighted by Gasteiger charge is -2.26. The maximum atomic E-state index is 12.6. The molecule has 1 N–H and O–H groups in total. The zero-order chi connectivity index (χ0) is 15.8. The molecule has 0 saturated carbocycles. The number of carbonyl (C=O) groups is 1. The summed E-state index contributed by atoms with van der Waals surface area (Å²) in [5.74, 6) is 1.53. The van der Waals surface area contributed by atoms with E-state index < -0.39 is 0 Å². The van der Waals surface area contributed by atoms with Crippen molar-refractivity contribution in [2.45, 2.75) is 24.9 Å². The molecule has 0 aliphatic carbocycles. The van der Waals surface area contributed by atoms with Crippen LogP contribution in [-0.2, 0) is 0 Å². The second-order valence-electron chi connectivity index (χ2n) is 5.91. The largest absolute Gasteiger partial charge is 0.481 e. The summed E-state index contributed by atoms with van der Waals surface area (Å²) in [7, 11) is 1.60. The summed E-state index contributed by atoms with van der Waals surface area (Å²) in [6, 6.07) is 6.10. The number of fused-ring (bicyclic) bond motifs is 1. The number of H-pyrrole nitrogens is 1. The number of hydrogen-bond acceptors (Lipinski definition) is 5. The van der Waals surface area contributed by atoms with Crippen LogP contribution < -0.4 is 9.64 Å². The second kappa shape index (κ2) is 5.57. The first-order valence-electron chi connectivity index (χ1n) is 7.85. The lowest BCUT2D eigenvalue weighted by atomic mass is 10.1. The van der Waals surface area contributed by atoms with E-state index in [1.54, 1.807) is 13.3 Å². The van der Waals surface area contributed by atoms with Crippen LogP contribution in [0.4, 0.5) is 5.82 Å². The molecule has 2 aromatic heterocycles. The van der Waals surface area contributed by atoms with Crippen molar-refractivity contribution in [3.63, 3.8) is 0 Å². The van der Waals surface area contributed by atoms with Crippen LogP contribution in [0.15, 0.2) is 30.7 Å². The van der Waals surface area contributed by atoms with Gasteiger partial charge >= 0.3 is 0 Å². The van der Waals surface area contributed by atoms with Gasteiger partial charge in [0, 0.05) is 25.4 Å². The zero-order valence-electron chi connectivity index (χ0n) is 13.0. The molecule has 7 heteroatoms. The van der Waals surface area contributed by atoms with Crippen molar-refractivity contribution in [1.82, 2.24) is 19.9 Å². The molecule has 2 aromatic rings. The first-order valence-corrected chi connectivity index (χ1v) is 7.85. The van der Waals surface area contributed by atoms with Crippen LogP contribution in [0.1, 0.15) is 23.3 Å². The number of hydrogen-bond donors (Lipinski definition) is 1. The molecule has 2 saturated heterocycles. The van der Waals surface area contributed by atoms with Crippen molar-refractivity contribution in [1.29, 1.82) is 0 Å². The molecule has 0 bridgehead atoms. The third-order valence-electron chi connectivity index (χ3n) is 4.80. The lowest BCUT2D eigenvalue weighted by molar-refractivity contribution is 0.0732. The number of amides is 1. The Morgan fingerprint density at radius 1 is 1.30 bits per heavy atom. The summed E-state index contributed by atoms with van der Waals surface area (Å²) < 4.78 is 5.19. The summed E-state index contributed by atoms with van der Waals surface area (Å²) in [6.07, 6.45) is 5.24. The Bertz CT molecular complexity index is 702. The molecule has 0 spiro atoms. The summed E-state index contributed by atoms with van der Waals surface area (Å²) in [4.78, 5) is 28.3. The monoisotopic (exact) mass is 313 g/mol. The molecule has 0 aromatic carbocycles. The minimum absolute atomic E-state index is 0.0876. The third kappa shape index (κ3) is 2.32. The Morgan fingerprint density at radius 3 is 2.96 bits per heavy atom. The van der Waals surface area contributed by atoms with Crippen molar-refractivity contribution in [3.8, 4) is 5.88 Å². The van der Waals surface area contributed by atoms with Gasteiger partial charge in [0.2, 0.25) is 5.88 Å². The SMILES string of the molecule is COc1cc(N2CC[C@@H]3[C@@H]2CCN3C(=O)c2ccc[nH]2)ncn1. The van der Waals surface area contributed by atoms with Gasteiger partial charge in [-0.25, -0.2) is 9.97 Å². The van der Waals surface area contributed by atoms with Gasteiger partial charge in [0.05, 0.1) is 19.2 Å². The number of likely N-dealkylation sites (tertiary alicyclic amines) is 1.